The van der Waals surface area contributed by atoms with Gasteiger partial charge in [-0.25, -0.2) is 4.99 Å². The van der Waals surface area contributed by atoms with Crippen molar-refractivity contribution in [3.8, 4) is 5.75 Å². The van der Waals surface area contributed by atoms with Crippen LogP contribution in [0.3, 0.4) is 0 Å². The van der Waals surface area contributed by atoms with Crippen LogP contribution < -0.4 is 20.3 Å². The Balaban J connectivity index is 1.60. The molecule has 1 aliphatic rings. The van der Waals surface area contributed by atoms with E-state index in [2.05, 4.69) is 66.6 Å². The molecule has 0 saturated carbocycles. The molecule has 3 rings (SSSR count). The van der Waals surface area contributed by atoms with E-state index in [4.69, 9.17) is 14.5 Å². The molecule has 6 nitrogen and oxygen atoms in total. The summed E-state index contributed by atoms with van der Waals surface area (Å²) in [6.07, 6.45) is 0.0237. The number of aliphatic imine (C=N–C) groups is 1. The number of benzene rings is 2. The van der Waals surface area contributed by atoms with Gasteiger partial charge in [-0.15, -0.1) is 0 Å². The Morgan fingerprint density at radius 1 is 1.10 bits per heavy atom. The van der Waals surface area contributed by atoms with Gasteiger partial charge >= 0.3 is 0 Å². The molecule has 162 valence electrons. The van der Waals surface area contributed by atoms with Crippen molar-refractivity contribution in [3.05, 3.63) is 59.7 Å². The van der Waals surface area contributed by atoms with Crippen molar-refractivity contribution in [3.63, 3.8) is 0 Å². The van der Waals surface area contributed by atoms with Crippen LogP contribution in [0.1, 0.15) is 25.0 Å². The number of aryl methyl sites for hydroxylation is 1. The summed E-state index contributed by atoms with van der Waals surface area (Å²) >= 11 is 0. The number of hydrogen-bond donors (Lipinski definition) is 2. The number of nitrogens with zero attached hydrogens (tertiary/aromatic N) is 2. The summed E-state index contributed by atoms with van der Waals surface area (Å²) in [5.41, 5.74) is 3.61. The van der Waals surface area contributed by atoms with Crippen LogP contribution in [0.15, 0.2) is 53.5 Å². The van der Waals surface area contributed by atoms with Gasteiger partial charge in [-0.3, -0.25) is 0 Å². The van der Waals surface area contributed by atoms with E-state index in [9.17, 15) is 0 Å². The van der Waals surface area contributed by atoms with Gasteiger partial charge in [0.15, 0.2) is 5.96 Å². The molecule has 1 unspecified atom stereocenters. The maximum Gasteiger partial charge on any atom is 0.191 e. The summed E-state index contributed by atoms with van der Waals surface area (Å²) in [4.78, 5) is 7.20. The molecule has 0 radical (unpaired) electrons. The summed E-state index contributed by atoms with van der Waals surface area (Å²) in [5, 5.41) is 6.74. The smallest absolute Gasteiger partial charge is 0.191 e. The van der Waals surface area contributed by atoms with Crippen LogP contribution in [0, 0.1) is 6.92 Å². The van der Waals surface area contributed by atoms with Crippen LogP contribution in [-0.4, -0.2) is 51.5 Å². The van der Waals surface area contributed by atoms with Gasteiger partial charge in [0.1, 0.15) is 11.9 Å². The number of anilines is 1. The third kappa shape index (κ3) is 6.39. The maximum absolute atomic E-state index is 6.07. The fourth-order valence-corrected chi connectivity index (χ4v) is 3.45. The summed E-state index contributed by atoms with van der Waals surface area (Å²) in [6, 6.07) is 16.6. The average molecular weight is 411 g/mol. The standard InChI is InChI=1S/C24H34N4O2/c1-4-25-24(26-17-20(3)30-23-12-8-5-9-19(23)2)27-18-21-10-6-7-11-22(21)28-13-15-29-16-14-28/h5-12,20H,4,13-18H2,1-3H3,(H2,25,26,27). The van der Waals surface area contributed by atoms with E-state index < -0.39 is 0 Å². The highest BCUT2D eigenvalue weighted by molar-refractivity contribution is 5.79. The Hall–Kier alpha value is -2.73. The van der Waals surface area contributed by atoms with Crippen LogP contribution in [-0.2, 0) is 11.3 Å². The van der Waals surface area contributed by atoms with Crippen LogP contribution >= 0.6 is 0 Å². The van der Waals surface area contributed by atoms with Gasteiger partial charge in [0.25, 0.3) is 0 Å². The van der Waals surface area contributed by atoms with Crippen molar-refractivity contribution in [1.29, 1.82) is 0 Å². The van der Waals surface area contributed by atoms with Gasteiger partial charge < -0.3 is 25.0 Å². The second-order valence-corrected chi connectivity index (χ2v) is 7.50. The molecular formula is C24H34N4O2. The van der Waals surface area contributed by atoms with Crippen molar-refractivity contribution in [2.24, 2.45) is 4.99 Å². The Bertz CT molecular complexity index is 818. The first kappa shape index (κ1) is 22.0. The fraction of sp³-hybridized carbons (Fsp3) is 0.458. The second kappa shape index (κ2) is 11.5. The summed E-state index contributed by atoms with van der Waals surface area (Å²) in [7, 11) is 0. The van der Waals surface area contributed by atoms with Gasteiger partial charge in [0, 0.05) is 25.3 Å². The highest BCUT2D eigenvalue weighted by atomic mass is 16.5. The zero-order valence-corrected chi connectivity index (χ0v) is 18.4. The van der Waals surface area contributed by atoms with E-state index in [1.54, 1.807) is 0 Å². The highest BCUT2D eigenvalue weighted by Crippen LogP contribution is 2.22. The average Bonchev–Trinajstić information content (AvgIpc) is 2.78. The lowest BCUT2D eigenvalue weighted by Crippen LogP contribution is -2.42. The van der Waals surface area contributed by atoms with Crippen molar-refractivity contribution in [2.75, 3.05) is 44.3 Å². The third-order valence-electron chi connectivity index (χ3n) is 5.07. The first-order chi connectivity index (χ1) is 14.7. The summed E-state index contributed by atoms with van der Waals surface area (Å²) in [6.45, 7) is 11.7. The molecule has 6 heteroatoms. The number of nitrogens with one attached hydrogen (secondary N) is 2. The van der Waals surface area contributed by atoms with Crippen LogP contribution in [0.4, 0.5) is 5.69 Å². The molecule has 0 aliphatic carbocycles. The van der Waals surface area contributed by atoms with Crippen LogP contribution in [0.5, 0.6) is 5.75 Å². The SMILES string of the molecule is CCNC(=NCc1ccccc1N1CCOCC1)NCC(C)Oc1ccccc1C. The quantitative estimate of drug-likeness (QED) is 0.516. The molecule has 1 aliphatic heterocycles. The third-order valence-corrected chi connectivity index (χ3v) is 5.07. The van der Waals surface area contributed by atoms with E-state index in [0.29, 0.717) is 13.1 Å². The molecule has 2 N–H and O–H groups in total. The Morgan fingerprint density at radius 3 is 2.60 bits per heavy atom. The minimum atomic E-state index is 0.0237. The van der Waals surface area contributed by atoms with Crippen molar-refractivity contribution in [2.45, 2.75) is 33.4 Å². The predicted molar refractivity (Wildman–Crippen MR) is 124 cm³/mol. The molecule has 0 aromatic heterocycles. The first-order valence-electron chi connectivity index (χ1n) is 10.8. The number of guanidine groups is 1. The molecule has 1 saturated heterocycles. The predicted octanol–water partition coefficient (Wildman–Crippen LogP) is 3.35. The van der Waals surface area contributed by atoms with Gasteiger partial charge in [-0.2, -0.15) is 0 Å². The second-order valence-electron chi connectivity index (χ2n) is 7.50. The van der Waals surface area contributed by atoms with Gasteiger partial charge in [-0.1, -0.05) is 36.4 Å². The number of hydrogen-bond acceptors (Lipinski definition) is 4. The molecular weight excluding hydrogens is 376 g/mol. The first-order valence-corrected chi connectivity index (χ1v) is 10.8. The zero-order valence-electron chi connectivity index (χ0n) is 18.4. The number of morpholine rings is 1. The minimum absolute atomic E-state index is 0.0237. The largest absolute Gasteiger partial charge is 0.489 e. The molecule has 2 aromatic rings. The lowest BCUT2D eigenvalue weighted by molar-refractivity contribution is 0.122. The fourth-order valence-electron chi connectivity index (χ4n) is 3.45. The minimum Gasteiger partial charge on any atom is -0.489 e. The summed E-state index contributed by atoms with van der Waals surface area (Å²) in [5.74, 6) is 1.72. The Labute approximate surface area is 180 Å². The topological polar surface area (TPSA) is 58.1 Å². The molecule has 1 heterocycles. The molecule has 1 fully saturated rings. The van der Waals surface area contributed by atoms with Crippen molar-refractivity contribution < 1.29 is 9.47 Å². The zero-order chi connectivity index (χ0) is 21.2. The lowest BCUT2D eigenvalue weighted by atomic mass is 10.1. The lowest BCUT2D eigenvalue weighted by Gasteiger charge is -2.30. The highest BCUT2D eigenvalue weighted by Gasteiger charge is 2.14. The molecule has 30 heavy (non-hydrogen) atoms. The van der Waals surface area contributed by atoms with Gasteiger partial charge in [-0.05, 0) is 44.0 Å². The number of para-hydroxylation sites is 2. The van der Waals surface area contributed by atoms with Gasteiger partial charge in [0.05, 0.1) is 26.3 Å². The van der Waals surface area contributed by atoms with E-state index in [0.717, 1.165) is 50.1 Å². The molecule has 0 bridgehead atoms. The van der Waals surface area contributed by atoms with Crippen LogP contribution in [0.25, 0.3) is 0 Å². The van der Waals surface area contributed by atoms with E-state index in [1.165, 1.54) is 11.3 Å². The van der Waals surface area contributed by atoms with Gasteiger partial charge in [0.2, 0.25) is 0 Å². The molecule has 2 aromatic carbocycles. The summed E-state index contributed by atoms with van der Waals surface area (Å²) < 4.78 is 11.6. The van der Waals surface area contributed by atoms with E-state index in [1.807, 2.05) is 18.2 Å². The Kier molecular flexibility index (Phi) is 8.39. The maximum atomic E-state index is 6.07. The number of ether oxygens (including phenoxy) is 2. The molecule has 1 atom stereocenters. The Morgan fingerprint density at radius 2 is 1.83 bits per heavy atom. The molecule has 0 spiro atoms. The van der Waals surface area contributed by atoms with E-state index >= 15 is 0 Å². The molecule has 0 amide bonds. The van der Waals surface area contributed by atoms with E-state index in [-0.39, 0.29) is 6.10 Å². The monoisotopic (exact) mass is 410 g/mol. The number of rotatable bonds is 8. The van der Waals surface area contributed by atoms with Crippen LogP contribution in [0.2, 0.25) is 0 Å². The van der Waals surface area contributed by atoms with Crippen molar-refractivity contribution in [1.82, 2.24) is 10.6 Å². The normalized spacial score (nSPS) is 15.6. The van der Waals surface area contributed by atoms with Crippen molar-refractivity contribution >= 4 is 11.6 Å².